The van der Waals surface area contributed by atoms with Gasteiger partial charge in [0, 0.05) is 36.3 Å². The molecular weight excluding hydrogens is 388 g/mol. The van der Waals surface area contributed by atoms with Crippen molar-refractivity contribution in [3.05, 3.63) is 35.2 Å². The average molecular weight is 419 g/mol. The first-order valence-corrected chi connectivity index (χ1v) is 10.9. The Morgan fingerprint density at radius 3 is 2.86 bits per heavy atom. The first kappa shape index (κ1) is 21.6. The average Bonchev–Trinajstić information content (AvgIpc) is 3.21. The smallest absolute Gasteiger partial charge is 0.248 e. The van der Waals surface area contributed by atoms with Crippen molar-refractivity contribution in [1.29, 1.82) is 0 Å². The van der Waals surface area contributed by atoms with Crippen molar-refractivity contribution in [3.63, 3.8) is 0 Å². The number of rotatable bonds is 8. The molecule has 0 radical (unpaired) electrons. The summed E-state index contributed by atoms with van der Waals surface area (Å²) in [5.74, 6) is 1.80. The number of hydrogen-bond acceptors (Lipinski definition) is 5. The van der Waals surface area contributed by atoms with Crippen molar-refractivity contribution in [2.24, 2.45) is 4.99 Å². The Bertz CT molecular complexity index is 785. The van der Waals surface area contributed by atoms with Crippen LogP contribution in [0.15, 0.2) is 33.8 Å². The van der Waals surface area contributed by atoms with E-state index in [4.69, 9.17) is 16.1 Å². The SMILES string of the molecule is CCCCN1CCC(NC(=NCc2nc(-c3cccc(Cl)c3)no2)NCC)CC1. The number of piperidine rings is 1. The fourth-order valence-corrected chi connectivity index (χ4v) is 3.60. The molecule has 0 saturated carbocycles. The van der Waals surface area contributed by atoms with E-state index in [1.807, 2.05) is 24.3 Å². The van der Waals surface area contributed by atoms with Gasteiger partial charge in [0.05, 0.1) is 0 Å². The third-order valence-corrected chi connectivity index (χ3v) is 5.26. The Morgan fingerprint density at radius 1 is 1.31 bits per heavy atom. The third-order valence-electron chi connectivity index (χ3n) is 5.02. The predicted molar refractivity (Wildman–Crippen MR) is 117 cm³/mol. The number of aromatic nitrogens is 2. The van der Waals surface area contributed by atoms with E-state index < -0.39 is 0 Å². The minimum Gasteiger partial charge on any atom is -0.357 e. The Hall–Kier alpha value is -2.12. The van der Waals surface area contributed by atoms with E-state index in [0.717, 1.165) is 44.0 Å². The molecule has 2 N–H and O–H groups in total. The number of unbranched alkanes of at least 4 members (excludes halogenated alkanes) is 1. The summed E-state index contributed by atoms with van der Waals surface area (Å²) < 4.78 is 5.36. The van der Waals surface area contributed by atoms with Gasteiger partial charge in [-0.3, -0.25) is 0 Å². The second-order valence-corrected chi connectivity index (χ2v) is 7.77. The van der Waals surface area contributed by atoms with E-state index in [1.165, 1.54) is 19.4 Å². The normalized spacial score (nSPS) is 16.2. The molecule has 0 amide bonds. The van der Waals surface area contributed by atoms with Gasteiger partial charge in [0.15, 0.2) is 5.96 Å². The van der Waals surface area contributed by atoms with E-state index in [1.54, 1.807) is 0 Å². The van der Waals surface area contributed by atoms with Crippen LogP contribution in [0.5, 0.6) is 0 Å². The molecule has 2 heterocycles. The van der Waals surface area contributed by atoms with Gasteiger partial charge in [-0.15, -0.1) is 0 Å². The highest BCUT2D eigenvalue weighted by molar-refractivity contribution is 6.30. The molecule has 1 aromatic heterocycles. The third kappa shape index (κ3) is 6.72. The van der Waals surface area contributed by atoms with Crippen molar-refractivity contribution >= 4 is 17.6 Å². The zero-order chi connectivity index (χ0) is 20.5. The molecule has 0 unspecified atom stereocenters. The van der Waals surface area contributed by atoms with Crippen LogP contribution in [0.4, 0.5) is 0 Å². The van der Waals surface area contributed by atoms with Gasteiger partial charge in [-0.05, 0) is 44.9 Å². The highest BCUT2D eigenvalue weighted by Gasteiger charge is 2.19. The summed E-state index contributed by atoms with van der Waals surface area (Å²) in [5.41, 5.74) is 0.830. The molecule has 1 aromatic carbocycles. The van der Waals surface area contributed by atoms with Crippen LogP contribution in [0, 0.1) is 0 Å². The molecule has 7 nitrogen and oxygen atoms in total. The number of nitrogens with zero attached hydrogens (tertiary/aromatic N) is 4. The van der Waals surface area contributed by atoms with Crippen LogP contribution in [-0.4, -0.2) is 53.2 Å². The van der Waals surface area contributed by atoms with Gasteiger partial charge < -0.3 is 20.1 Å². The van der Waals surface area contributed by atoms with Gasteiger partial charge in [0.1, 0.15) is 6.54 Å². The maximum absolute atomic E-state index is 6.04. The summed E-state index contributed by atoms with van der Waals surface area (Å²) in [5, 5.41) is 11.5. The Kier molecular flexibility index (Phi) is 8.31. The number of guanidine groups is 1. The van der Waals surface area contributed by atoms with E-state index in [2.05, 4.69) is 44.5 Å². The maximum atomic E-state index is 6.04. The Balaban J connectivity index is 1.54. The monoisotopic (exact) mass is 418 g/mol. The van der Waals surface area contributed by atoms with Crippen LogP contribution in [0.1, 0.15) is 45.4 Å². The van der Waals surface area contributed by atoms with E-state index in [9.17, 15) is 0 Å². The van der Waals surface area contributed by atoms with Crippen LogP contribution < -0.4 is 10.6 Å². The van der Waals surface area contributed by atoms with Gasteiger partial charge in [-0.1, -0.05) is 42.2 Å². The first-order valence-electron chi connectivity index (χ1n) is 10.5. The predicted octanol–water partition coefficient (Wildman–Crippen LogP) is 3.71. The van der Waals surface area contributed by atoms with Gasteiger partial charge in [0.2, 0.25) is 11.7 Å². The summed E-state index contributed by atoms with van der Waals surface area (Å²) >= 11 is 6.04. The van der Waals surface area contributed by atoms with Gasteiger partial charge in [-0.2, -0.15) is 4.98 Å². The summed E-state index contributed by atoms with van der Waals surface area (Å²) in [6.45, 7) is 8.94. The zero-order valence-electron chi connectivity index (χ0n) is 17.3. The number of halogens is 1. The fraction of sp³-hybridized carbons (Fsp3) is 0.571. The van der Waals surface area contributed by atoms with Gasteiger partial charge in [0.25, 0.3) is 0 Å². The van der Waals surface area contributed by atoms with E-state index in [-0.39, 0.29) is 0 Å². The molecule has 2 aromatic rings. The first-order chi connectivity index (χ1) is 14.2. The van der Waals surface area contributed by atoms with Crippen molar-refractivity contribution < 1.29 is 4.52 Å². The summed E-state index contributed by atoms with van der Waals surface area (Å²) in [6, 6.07) is 7.85. The molecule has 3 rings (SSSR count). The molecule has 1 aliphatic rings. The lowest BCUT2D eigenvalue weighted by atomic mass is 10.0. The summed E-state index contributed by atoms with van der Waals surface area (Å²) in [4.78, 5) is 11.6. The van der Waals surface area contributed by atoms with Crippen molar-refractivity contribution in [1.82, 2.24) is 25.7 Å². The van der Waals surface area contributed by atoms with Crippen molar-refractivity contribution in [2.75, 3.05) is 26.2 Å². The Labute approximate surface area is 177 Å². The molecule has 0 bridgehead atoms. The molecule has 1 fully saturated rings. The van der Waals surface area contributed by atoms with Crippen LogP contribution in [0.3, 0.4) is 0 Å². The quantitative estimate of drug-likeness (QED) is 0.502. The minimum absolute atomic E-state index is 0.332. The zero-order valence-corrected chi connectivity index (χ0v) is 18.1. The lowest BCUT2D eigenvalue weighted by Crippen LogP contribution is -2.48. The lowest BCUT2D eigenvalue weighted by molar-refractivity contribution is 0.203. The topological polar surface area (TPSA) is 78.6 Å². The molecule has 0 aliphatic carbocycles. The highest BCUT2D eigenvalue weighted by atomic mass is 35.5. The number of nitrogens with one attached hydrogen (secondary N) is 2. The van der Waals surface area contributed by atoms with Crippen LogP contribution in [-0.2, 0) is 6.54 Å². The van der Waals surface area contributed by atoms with E-state index in [0.29, 0.717) is 29.3 Å². The highest BCUT2D eigenvalue weighted by Crippen LogP contribution is 2.20. The molecular formula is C21H31ClN6O. The minimum atomic E-state index is 0.332. The number of likely N-dealkylation sites (tertiary alicyclic amines) is 1. The standard InChI is InChI=1S/C21H31ClN6O/c1-3-5-11-28-12-9-18(10-13-28)25-21(23-4-2)24-15-19-26-20(27-29-19)16-7-6-8-17(22)14-16/h6-8,14,18H,3-5,9-13,15H2,1-2H3,(H2,23,24,25). The maximum Gasteiger partial charge on any atom is 0.248 e. The molecule has 0 atom stereocenters. The molecule has 158 valence electrons. The summed E-state index contributed by atoms with van der Waals surface area (Å²) in [6.07, 6.45) is 4.80. The largest absolute Gasteiger partial charge is 0.357 e. The van der Waals surface area contributed by atoms with Crippen LogP contribution >= 0.6 is 11.6 Å². The molecule has 1 aliphatic heterocycles. The molecule has 29 heavy (non-hydrogen) atoms. The molecule has 0 spiro atoms. The number of aliphatic imine (C=N–C) groups is 1. The van der Waals surface area contributed by atoms with Crippen molar-refractivity contribution in [2.45, 2.75) is 52.1 Å². The number of benzene rings is 1. The van der Waals surface area contributed by atoms with Crippen LogP contribution in [0.2, 0.25) is 5.02 Å². The molecule has 8 heteroatoms. The van der Waals surface area contributed by atoms with Gasteiger partial charge in [-0.25, -0.2) is 4.99 Å². The van der Waals surface area contributed by atoms with Gasteiger partial charge >= 0.3 is 0 Å². The molecule has 1 saturated heterocycles. The van der Waals surface area contributed by atoms with Crippen molar-refractivity contribution in [3.8, 4) is 11.4 Å². The lowest BCUT2D eigenvalue weighted by Gasteiger charge is -2.33. The summed E-state index contributed by atoms with van der Waals surface area (Å²) in [7, 11) is 0. The Morgan fingerprint density at radius 2 is 2.14 bits per heavy atom. The fourth-order valence-electron chi connectivity index (χ4n) is 3.41. The second-order valence-electron chi connectivity index (χ2n) is 7.33. The van der Waals surface area contributed by atoms with E-state index >= 15 is 0 Å². The second kappa shape index (κ2) is 11.2. The van der Waals surface area contributed by atoms with Crippen LogP contribution in [0.25, 0.3) is 11.4 Å². The number of hydrogen-bond donors (Lipinski definition) is 2.